The Balaban J connectivity index is 1.56. The maximum Gasteiger partial charge on any atom is 0.309 e. The highest BCUT2D eigenvalue weighted by atomic mass is 32.1. The zero-order valence-corrected chi connectivity index (χ0v) is 19.3. The van der Waals surface area contributed by atoms with Crippen LogP contribution in [-0.2, 0) is 20.9 Å². The van der Waals surface area contributed by atoms with Crippen LogP contribution in [-0.4, -0.2) is 35.4 Å². The molecule has 2 aliphatic rings. The molecule has 1 fully saturated rings. The highest BCUT2D eigenvalue weighted by Gasteiger charge is 2.34. The first kappa shape index (κ1) is 22.9. The van der Waals surface area contributed by atoms with Crippen LogP contribution in [0, 0.1) is 11.8 Å². The molecule has 1 heterocycles. The lowest BCUT2D eigenvalue weighted by molar-refractivity contribution is -0.147. The second-order valence-corrected chi connectivity index (χ2v) is 8.72. The molecule has 2 N–H and O–H groups in total. The summed E-state index contributed by atoms with van der Waals surface area (Å²) in [5, 5.41) is 6.49. The van der Waals surface area contributed by atoms with Crippen molar-refractivity contribution in [3.8, 4) is 5.75 Å². The number of anilines is 1. The van der Waals surface area contributed by atoms with E-state index >= 15 is 0 Å². The number of ketones is 1. The van der Waals surface area contributed by atoms with Crippen LogP contribution in [0.15, 0.2) is 60.1 Å². The number of hydrogen-bond acceptors (Lipinski definition) is 7. The minimum Gasteiger partial charge on any atom is -0.491 e. The number of esters is 1. The fourth-order valence-corrected chi connectivity index (χ4v) is 4.12. The Kier molecular flexibility index (Phi) is 7.34. The number of pyridine rings is 1. The minimum absolute atomic E-state index is 0.0643. The maximum absolute atomic E-state index is 13.1. The van der Waals surface area contributed by atoms with Gasteiger partial charge in [0.15, 0.2) is 5.78 Å². The van der Waals surface area contributed by atoms with Crippen LogP contribution < -0.4 is 15.4 Å². The second-order valence-electron chi connectivity index (χ2n) is 8.32. The van der Waals surface area contributed by atoms with Crippen molar-refractivity contribution < 1.29 is 19.1 Å². The zero-order chi connectivity index (χ0) is 23.2. The normalized spacial score (nSPS) is 18.0. The van der Waals surface area contributed by atoms with Crippen molar-refractivity contribution >= 4 is 34.6 Å². The molecule has 4 rings (SSSR count). The molecule has 33 heavy (non-hydrogen) atoms. The number of carbonyl (C=O) groups excluding carboxylic acids is 2. The predicted octanol–water partition coefficient (Wildman–Crippen LogP) is 3.81. The van der Waals surface area contributed by atoms with Crippen molar-refractivity contribution in [2.75, 3.05) is 19.0 Å². The van der Waals surface area contributed by atoms with Crippen molar-refractivity contribution in [3.63, 3.8) is 0 Å². The van der Waals surface area contributed by atoms with Gasteiger partial charge in [0.1, 0.15) is 10.7 Å². The van der Waals surface area contributed by atoms with Crippen LogP contribution in [0.1, 0.15) is 31.2 Å². The predicted molar refractivity (Wildman–Crippen MR) is 129 cm³/mol. The summed E-state index contributed by atoms with van der Waals surface area (Å²) in [5.74, 6) is 0.207. The quantitative estimate of drug-likeness (QED) is 0.427. The molecule has 2 aromatic rings. The van der Waals surface area contributed by atoms with E-state index in [-0.39, 0.29) is 12.2 Å². The summed E-state index contributed by atoms with van der Waals surface area (Å²) in [6.07, 6.45) is 6.23. The second kappa shape index (κ2) is 10.6. The zero-order valence-electron chi connectivity index (χ0n) is 18.5. The van der Waals surface area contributed by atoms with E-state index in [1.54, 1.807) is 12.4 Å². The third kappa shape index (κ3) is 5.96. The third-order valence-corrected chi connectivity index (χ3v) is 6.10. The topological polar surface area (TPSA) is 89.6 Å². The lowest BCUT2D eigenvalue weighted by atomic mass is 9.85. The number of methoxy groups -OCH3 is 1. The van der Waals surface area contributed by atoms with Crippen molar-refractivity contribution in [3.05, 3.63) is 65.6 Å². The Morgan fingerprint density at radius 2 is 1.97 bits per heavy atom. The summed E-state index contributed by atoms with van der Waals surface area (Å²) < 4.78 is 10.9. The number of carbonyl (C=O) groups is 2. The summed E-state index contributed by atoms with van der Waals surface area (Å²) in [6.45, 7) is 1.09. The maximum atomic E-state index is 13.1. The Morgan fingerprint density at radius 1 is 1.18 bits per heavy atom. The molecule has 0 saturated heterocycles. The number of hydrogen-bond donors (Lipinski definition) is 2. The molecule has 1 atom stereocenters. The first-order valence-corrected chi connectivity index (χ1v) is 11.5. The number of thiocarbonyl (C=S) groups is 1. The molecule has 0 radical (unpaired) electrons. The Hall–Kier alpha value is -3.26. The molecule has 1 unspecified atom stereocenters. The standard InChI is InChI=1S/C25H27N3O4S/c1-31-25(30)18-11-20(23(21(29)12-18)24(33)28-19-5-3-2-4-6-19)27-13-17-9-10-26-14-22(17)32-15-16-7-8-16/h2-6,9-10,14,16,18,27H,7-8,11-13,15H2,1H3,(H,28,33). The van der Waals surface area contributed by atoms with E-state index in [1.165, 1.54) is 20.0 Å². The number of para-hydroxylation sites is 1. The average Bonchev–Trinajstić information content (AvgIpc) is 3.66. The first-order chi connectivity index (χ1) is 16.0. The van der Waals surface area contributed by atoms with Gasteiger partial charge in [-0.2, -0.15) is 0 Å². The highest BCUT2D eigenvalue weighted by Crippen LogP contribution is 2.31. The molecule has 0 spiro atoms. The summed E-state index contributed by atoms with van der Waals surface area (Å²) in [4.78, 5) is 29.8. The van der Waals surface area contributed by atoms with Crippen LogP contribution in [0.3, 0.4) is 0 Å². The number of nitrogens with one attached hydrogen (secondary N) is 2. The number of benzene rings is 1. The van der Waals surface area contributed by atoms with Crippen LogP contribution >= 0.6 is 12.2 Å². The van der Waals surface area contributed by atoms with Crippen LogP contribution in [0.4, 0.5) is 5.69 Å². The summed E-state index contributed by atoms with van der Waals surface area (Å²) in [5.41, 5.74) is 2.75. The van der Waals surface area contributed by atoms with Gasteiger partial charge in [0.05, 0.1) is 31.4 Å². The van der Waals surface area contributed by atoms with Gasteiger partial charge in [0.25, 0.3) is 0 Å². The SMILES string of the molecule is COC(=O)C1CC(=O)C(C(=S)Nc2ccccc2)=C(NCc2ccncc2OCC2CC2)C1. The largest absolute Gasteiger partial charge is 0.491 e. The van der Waals surface area contributed by atoms with E-state index in [9.17, 15) is 9.59 Å². The van der Waals surface area contributed by atoms with Gasteiger partial charge < -0.3 is 20.1 Å². The van der Waals surface area contributed by atoms with E-state index in [1.807, 2.05) is 36.4 Å². The van der Waals surface area contributed by atoms with Crippen LogP contribution in [0.25, 0.3) is 0 Å². The monoisotopic (exact) mass is 465 g/mol. The first-order valence-electron chi connectivity index (χ1n) is 11.0. The summed E-state index contributed by atoms with van der Waals surface area (Å²) in [7, 11) is 1.33. The lowest BCUT2D eigenvalue weighted by Crippen LogP contribution is -2.35. The molecule has 2 aliphatic carbocycles. The molecule has 0 aliphatic heterocycles. The molecular weight excluding hydrogens is 438 g/mol. The van der Waals surface area contributed by atoms with Crippen molar-refractivity contribution in [2.24, 2.45) is 11.8 Å². The number of rotatable bonds is 9. The molecule has 7 nitrogen and oxygen atoms in total. The Bertz CT molecular complexity index is 1070. The summed E-state index contributed by atoms with van der Waals surface area (Å²) >= 11 is 5.60. The molecule has 0 amide bonds. The van der Waals surface area contributed by atoms with Crippen molar-refractivity contribution in [1.29, 1.82) is 0 Å². The molecule has 0 bridgehead atoms. The van der Waals surface area contributed by atoms with Gasteiger partial charge in [-0.15, -0.1) is 0 Å². The minimum atomic E-state index is -0.545. The fraction of sp³-hybridized carbons (Fsp3) is 0.360. The van der Waals surface area contributed by atoms with E-state index in [0.29, 0.717) is 41.7 Å². The van der Waals surface area contributed by atoms with Gasteiger partial charge in [-0.1, -0.05) is 30.4 Å². The van der Waals surface area contributed by atoms with Crippen molar-refractivity contribution in [2.45, 2.75) is 32.2 Å². The van der Waals surface area contributed by atoms with Crippen LogP contribution in [0.5, 0.6) is 5.75 Å². The van der Waals surface area contributed by atoms with Gasteiger partial charge in [-0.05, 0) is 37.0 Å². The van der Waals surface area contributed by atoms with E-state index in [0.717, 1.165) is 17.0 Å². The molecule has 172 valence electrons. The van der Waals surface area contributed by atoms with Gasteiger partial charge >= 0.3 is 5.97 Å². The van der Waals surface area contributed by atoms with E-state index < -0.39 is 11.9 Å². The number of Topliss-reactive ketones (excluding diaryl/α,β-unsaturated/α-hetero) is 1. The Labute approximate surface area is 198 Å². The molecule has 1 aromatic heterocycles. The molecular formula is C25H27N3O4S. The third-order valence-electron chi connectivity index (χ3n) is 5.79. The average molecular weight is 466 g/mol. The fourth-order valence-electron chi connectivity index (χ4n) is 3.77. The van der Waals surface area contributed by atoms with E-state index in [4.69, 9.17) is 21.7 Å². The van der Waals surface area contributed by atoms with Crippen molar-refractivity contribution in [1.82, 2.24) is 10.3 Å². The van der Waals surface area contributed by atoms with Gasteiger partial charge in [0.2, 0.25) is 0 Å². The highest BCUT2D eigenvalue weighted by molar-refractivity contribution is 7.81. The van der Waals surface area contributed by atoms with Gasteiger partial charge in [0, 0.05) is 42.5 Å². The molecule has 8 heteroatoms. The number of nitrogens with zero attached hydrogens (tertiary/aromatic N) is 1. The number of allylic oxidation sites excluding steroid dienone is 1. The number of aromatic nitrogens is 1. The Morgan fingerprint density at radius 3 is 2.70 bits per heavy atom. The van der Waals surface area contributed by atoms with Crippen LogP contribution in [0.2, 0.25) is 0 Å². The number of ether oxygens (including phenoxy) is 2. The van der Waals surface area contributed by atoms with E-state index in [2.05, 4.69) is 15.6 Å². The van der Waals surface area contributed by atoms with Gasteiger partial charge in [-0.3, -0.25) is 14.6 Å². The smallest absolute Gasteiger partial charge is 0.309 e. The summed E-state index contributed by atoms with van der Waals surface area (Å²) in [6, 6.07) is 11.3. The molecule has 1 aromatic carbocycles. The molecule has 1 saturated carbocycles. The van der Waals surface area contributed by atoms with Gasteiger partial charge in [-0.25, -0.2) is 0 Å². The lowest BCUT2D eigenvalue weighted by Gasteiger charge is -2.26.